The molecule has 1 aliphatic rings. The zero-order valence-electron chi connectivity index (χ0n) is 7.44. The Kier molecular flexibility index (Phi) is 4.60. The van der Waals surface area contributed by atoms with Crippen LogP contribution in [0.2, 0.25) is 0 Å². The first kappa shape index (κ1) is 9.05. The molecule has 0 atom stereocenters. The van der Waals surface area contributed by atoms with E-state index in [2.05, 4.69) is 12.2 Å². The highest BCUT2D eigenvalue weighted by atomic mass is 14.9. The van der Waals surface area contributed by atoms with Crippen molar-refractivity contribution in [3.05, 3.63) is 6.92 Å². The van der Waals surface area contributed by atoms with Crippen LogP contribution < -0.4 is 5.32 Å². The summed E-state index contributed by atoms with van der Waals surface area (Å²) >= 11 is 0. The molecule has 1 saturated carbocycles. The van der Waals surface area contributed by atoms with Crippen LogP contribution in [0.4, 0.5) is 0 Å². The third-order valence-corrected chi connectivity index (χ3v) is 2.46. The highest BCUT2D eigenvalue weighted by Crippen LogP contribution is 2.17. The Morgan fingerprint density at radius 1 is 1.18 bits per heavy atom. The Balaban J connectivity index is 1.96. The Morgan fingerprint density at radius 2 is 1.91 bits per heavy atom. The Labute approximate surface area is 70.6 Å². The second-order valence-corrected chi connectivity index (χ2v) is 3.50. The predicted octanol–water partition coefficient (Wildman–Crippen LogP) is 2.52. The Hall–Kier alpha value is -0.0400. The van der Waals surface area contributed by atoms with E-state index >= 15 is 0 Å². The van der Waals surface area contributed by atoms with Crippen LogP contribution in [-0.2, 0) is 0 Å². The van der Waals surface area contributed by atoms with Gasteiger partial charge in [0.2, 0.25) is 0 Å². The molecule has 0 spiro atoms. The Morgan fingerprint density at radius 3 is 2.55 bits per heavy atom. The summed E-state index contributed by atoms with van der Waals surface area (Å²) < 4.78 is 0. The number of unbranched alkanes of at least 4 members (excludes halogenated alkanes) is 1. The van der Waals surface area contributed by atoms with E-state index in [1.165, 1.54) is 45.1 Å². The van der Waals surface area contributed by atoms with Gasteiger partial charge in [-0.2, -0.15) is 0 Å². The average molecular weight is 154 g/mol. The van der Waals surface area contributed by atoms with Crippen molar-refractivity contribution in [2.45, 2.75) is 51.0 Å². The predicted molar refractivity (Wildman–Crippen MR) is 49.5 cm³/mol. The van der Waals surface area contributed by atoms with E-state index in [0.717, 1.165) is 12.5 Å². The second-order valence-electron chi connectivity index (χ2n) is 3.50. The number of hydrogen-bond donors (Lipinski definition) is 1. The van der Waals surface area contributed by atoms with Crippen molar-refractivity contribution in [1.82, 2.24) is 5.32 Å². The molecule has 11 heavy (non-hydrogen) atoms. The normalized spacial score (nSPS) is 20.5. The second kappa shape index (κ2) is 5.59. The maximum Gasteiger partial charge on any atom is 0.00670 e. The van der Waals surface area contributed by atoms with Gasteiger partial charge in [0.15, 0.2) is 0 Å². The third kappa shape index (κ3) is 3.76. The first-order valence-electron chi connectivity index (χ1n) is 4.96. The van der Waals surface area contributed by atoms with Gasteiger partial charge in [-0.15, -0.1) is 0 Å². The van der Waals surface area contributed by atoms with Gasteiger partial charge in [0, 0.05) is 6.04 Å². The molecule has 1 radical (unpaired) electrons. The van der Waals surface area contributed by atoms with Crippen molar-refractivity contribution in [2.75, 3.05) is 6.54 Å². The van der Waals surface area contributed by atoms with Crippen LogP contribution in [0.5, 0.6) is 0 Å². The summed E-state index contributed by atoms with van der Waals surface area (Å²) in [6.07, 6.45) is 9.42. The van der Waals surface area contributed by atoms with E-state index in [-0.39, 0.29) is 0 Å². The molecule has 1 rings (SSSR count). The maximum atomic E-state index is 3.83. The van der Waals surface area contributed by atoms with Gasteiger partial charge in [-0.1, -0.05) is 32.6 Å². The lowest BCUT2D eigenvalue weighted by atomic mass is 9.95. The molecule has 1 aliphatic carbocycles. The van der Waals surface area contributed by atoms with E-state index in [9.17, 15) is 0 Å². The summed E-state index contributed by atoms with van der Waals surface area (Å²) in [5.41, 5.74) is 0. The molecule has 0 unspecified atom stereocenters. The van der Waals surface area contributed by atoms with Gasteiger partial charge in [0.05, 0.1) is 0 Å². The average Bonchev–Trinajstić information content (AvgIpc) is 2.07. The monoisotopic (exact) mass is 154 g/mol. The molecule has 0 aromatic rings. The summed E-state index contributed by atoms with van der Waals surface area (Å²) in [4.78, 5) is 0. The van der Waals surface area contributed by atoms with Crippen LogP contribution in [0.15, 0.2) is 0 Å². The molecule has 0 amide bonds. The van der Waals surface area contributed by atoms with Gasteiger partial charge in [-0.05, 0) is 25.8 Å². The zero-order valence-corrected chi connectivity index (χ0v) is 7.44. The van der Waals surface area contributed by atoms with Crippen LogP contribution in [0.1, 0.15) is 44.9 Å². The molecule has 65 valence electrons. The van der Waals surface area contributed by atoms with Crippen molar-refractivity contribution in [3.63, 3.8) is 0 Å². The van der Waals surface area contributed by atoms with Crippen molar-refractivity contribution in [2.24, 2.45) is 0 Å². The van der Waals surface area contributed by atoms with Crippen molar-refractivity contribution < 1.29 is 0 Å². The van der Waals surface area contributed by atoms with E-state index < -0.39 is 0 Å². The molecule has 1 fully saturated rings. The minimum absolute atomic E-state index is 0.829. The van der Waals surface area contributed by atoms with Crippen molar-refractivity contribution in [3.8, 4) is 0 Å². The van der Waals surface area contributed by atoms with Crippen LogP contribution in [0.25, 0.3) is 0 Å². The molecule has 1 N–H and O–H groups in total. The summed E-state index contributed by atoms with van der Waals surface area (Å²) in [6.45, 7) is 5.00. The molecule has 1 heteroatoms. The molecular weight excluding hydrogens is 134 g/mol. The van der Waals surface area contributed by atoms with E-state index in [1.807, 2.05) is 0 Å². The highest BCUT2D eigenvalue weighted by Gasteiger charge is 2.11. The number of rotatable bonds is 4. The number of hydrogen-bond acceptors (Lipinski definition) is 1. The van der Waals surface area contributed by atoms with Gasteiger partial charge in [-0.3, -0.25) is 0 Å². The first-order chi connectivity index (χ1) is 5.43. The smallest absolute Gasteiger partial charge is 0.00670 e. The lowest BCUT2D eigenvalue weighted by molar-refractivity contribution is 0.372. The maximum absolute atomic E-state index is 3.83. The molecule has 0 saturated heterocycles. The first-order valence-corrected chi connectivity index (χ1v) is 4.96. The molecular formula is C10H20N. The van der Waals surface area contributed by atoms with Crippen LogP contribution in [-0.4, -0.2) is 12.6 Å². The SMILES string of the molecule is [CH2]CCCNC1CCCCC1. The molecule has 0 aromatic heterocycles. The molecule has 0 aromatic carbocycles. The van der Waals surface area contributed by atoms with E-state index in [1.54, 1.807) is 0 Å². The topological polar surface area (TPSA) is 12.0 Å². The van der Waals surface area contributed by atoms with Crippen molar-refractivity contribution in [1.29, 1.82) is 0 Å². The fourth-order valence-electron chi connectivity index (χ4n) is 1.74. The third-order valence-electron chi connectivity index (χ3n) is 2.46. The van der Waals surface area contributed by atoms with Gasteiger partial charge in [0.1, 0.15) is 0 Å². The van der Waals surface area contributed by atoms with Gasteiger partial charge >= 0.3 is 0 Å². The van der Waals surface area contributed by atoms with Gasteiger partial charge in [0.25, 0.3) is 0 Å². The summed E-state index contributed by atoms with van der Waals surface area (Å²) in [6, 6.07) is 0.829. The van der Waals surface area contributed by atoms with Gasteiger partial charge < -0.3 is 5.32 Å². The Bertz CT molecular complexity index is 84.9. The van der Waals surface area contributed by atoms with E-state index in [0.29, 0.717) is 0 Å². The van der Waals surface area contributed by atoms with Gasteiger partial charge in [-0.25, -0.2) is 0 Å². The number of nitrogens with one attached hydrogen (secondary N) is 1. The summed E-state index contributed by atoms with van der Waals surface area (Å²) in [7, 11) is 0. The minimum atomic E-state index is 0.829. The molecule has 0 bridgehead atoms. The molecule has 0 aliphatic heterocycles. The minimum Gasteiger partial charge on any atom is -0.314 e. The fourth-order valence-corrected chi connectivity index (χ4v) is 1.74. The van der Waals surface area contributed by atoms with E-state index in [4.69, 9.17) is 0 Å². The zero-order chi connectivity index (χ0) is 7.94. The summed E-state index contributed by atoms with van der Waals surface area (Å²) in [5, 5.41) is 3.58. The van der Waals surface area contributed by atoms with Crippen LogP contribution in [0, 0.1) is 6.92 Å². The van der Waals surface area contributed by atoms with Crippen LogP contribution in [0.3, 0.4) is 0 Å². The largest absolute Gasteiger partial charge is 0.314 e. The quantitative estimate of drug-likeness (QED) is 0.613. The van der Waals surface area contributed by atoms with Crippen LogP contribution >= 0.6 is 0 Å². The standard InChI is InChI=1S/C10H20N/c1-2-3-9-11-10-7-5-4-6-8-10/h10-11H,1-9H2. The fraction of sp³-hybridized carbons (Fsp3) is 0.900. The summed E-state index contributed by atoms with van der Waals surface area (Å²) in [5.74, 6) is 0. The lowest BCUT2D eigenvalue weighted by Crippen LogP contribution is -2.31. The molecule has 0 heterocycles. The lowest BCUT2D eigenvalue weighted by Gasteiger charge is -2.22. The molecule has 1 nitrogen and oxygen atoms in total. The highest BCUT2D eigenvalue weighted by molar-refractivity contribution is 4.71. The van der Waals surface area contributed by atoms with Crippen molar-refractivity contribution >= 4 is 0 Å².